The first-order valence-corrected chi connectivity index (χ1v) is 12.8. The smallest absolute Gasteiger partial charge is 0.264 e. The van der Waals surface area contributed by atoms with Crippen LogP contribution in [-0.2, 0) is 27.8 Å². The summed E-state index contributed by atoms with van der Waals surface area (Å²) in [5, 5.41) is 2.85. The summed E-state index contributed by atoms with van der Waals surface area (Å²) in [6.45, 7) is 1.41. The number of carbonyl (C=O) groups is 2. The van der Waals surface area contributed by atoms with Gasteiger partial charge in [-0.2, -0.15) is 0 Å². The molecule has 2 heterocycles. The number of hydrogen-bond acceptors (Lipinski definition) is 4. The van der Waals surface area contributed by atoms with Crippen LogP contribution in [0.5, 0.6) is 0 Å². The lowest BCUT2D eigenvalue weighted by Gasteiger charge is -2.20. The molecule has 1 saturated heterocycles. The molecule has 3 aromatic rings. The second kappa shape index (κ2) is 8.95. The summed E-state index contributed by atoms with van der Waals surface area (Å²) in [7, 11) is -3.77. The number of sulfonamides is 1. The summed E-state index contributed by atoms with van der Waals surface area (Å²) in [6, 6.07) is 21.1. The fourth-order valence-electron chi connectivity index (χ4n) is 4.48. The van der Waals surface area contributed by atoms with E-state index >= 15 is 0 Å². The molecule has 3 aromatic carbocycles. The Bertz CT molecular complexity index is 1350. The fraction of sp³-hybridized carbons (Fsp3) is 0.231. The van der Waals surface area contributed by atoms with Crippen LogP contribution >= 0.6 is 0 Å². The van der Waals surface area contributed by atoms with Gasteiger partial charge in [0.2, 0.25) is 5.91 Å². The standard InChI is InChI=1S/C26H25N3O4S/c30-25-9-4-15-28(25)22-12-10-19(11-13-22)18-27-26(31)21-6-3-7-23(17-21)34(32,33)29-16-14-20-5-1-2-8-24(20)29/h1-3,5-8,10-13,17H,4,9,14-16,18H2,(H,27,31). The van der Waals surface area contributed by atoms with Crippen LogP contribution in [0.15, 0.2) is 77.7 Å². The van der Waals surface area contributed by atoms with Crippen molar-refractivity contribution in [3.63, 3.8) is 0 Å². The van der Waals surface area contributed by atoms with Crippen LogP contribution in [0.4, 0.5) is 11.4 Å². The van der Waals surface area contributed by atoms with E-state index in [4.69, 9.17) is 0 Å². The Hall–Kier alpha value is -3.65. The molecule has 34 heavy (non-hydrogen) atoms. The van der Waals surface area contributed by atoms with Crippen molar-refractivity contribution in [3.8, 4) is 0 Å². The van der Waals surface area contributed by atoms with E-state index in [1.807, 2.05) is 42.5 Å². The molecule has 0 spiro atoms. The zero-order valence-electron chi connectivity index (χ0n) is 18.6. The topological polar surface area (TPSA) is 86.8 Å². The molecular formula is C26H25N3O4S. The maximum atomic E-state index is 13.3. The molecule has 0 saturated carbocycles. The van der Waals surface area contributed by atoms with Crippen LogP contribution in [0.25, 0.3) is 0 Å². The molecule has 174 valence electrons. The number of carbonyl (C=O) groups excluding carboxylic acids is 2. The highest BCUT2D eigenvalue weighted by atomic mass is 32.2. The van der Waals surface area contributed by atoms with Crippen LogP contribution in [0, 0.1) is 0 Å². The maximum Gasteiger partial charge on any atom is 0.264 e. The molecule has 1 fully saturated rings. The second-order valence-corrected chi connectivity index (χ2v) is 10.3. The first-order valence-electron chi connectivity index (χ1n) is 11.3. The lowest BCUT2D eigenvalue weighted by Crippen LogP contribution is -2.29. The van der Waals surface area contributed by atoms with Gasteiger partial charge in [0.25, 0.3) is 15.9 Å². The summed E-state index contributed by atoms with van der Waals surface area (Å²) >= 11 is 0. The van der Waals surface area contributed by atoms with Crippen LogP contribution < -0.4 is 14.5 Å². The van der Waals surface area contributed by atoms with E-state index in [0.29, 0.717) is 31.6 Å². The van der Waals surface area contributed by atoms with Crippen LogP contribution in [0.3, 0.4) is 0 Å². The van der Waals surface area contributed by atoms with Crippen molar-refractivity contribution >= 4 is 33.2 Å². The Morgan fingerprint density at radius 3 is 2.47 bits per heavy atom. The third-order valence-electron chi connectivity index (χ3n) is 6.30. The number of para-hydroxylation sites is 1. The number of amides is 2. The van der Waals surface area contributed by atoms with Gasteiger partial charge in [0.1, 0.15) is 0 Å². The molecule has 2 aliphatic heterocycles. The Balaban J connectivity index is 1.27. The molecule has 7 nitrogen and oxygen atoms in total. The van der Waals surface area contributed by atoms with E-state index < -0.39 is 10.0 Å². The molecule has 5 rings (SSSR count). The molecular weight excluding hydrogens is 450 g/mol. The lowest BCUT2D eigenvalue weighted by molar-refractivity contribution is -0.117. The summed E-state index contributed by atoms with van der Waals surface area (Å²) < 4.78 is 28.0. The van der Waals surface area contributed by atoms with Crippen molar-refractivity contribution < 1.29 is 18.0 Å². The van der Waals surface area contributed by atoms with Crippen LogP contribution in [0.2, 0.25) is 0 Å². The van der Waals surface area contributed by atoms with Crippen molar-refractivity contribution in [1.29, 1.82) is 0 Å². The third-order valence-corrected chi connectivity index (χ3v) is 8.11. The Morgan fingerprint density at radius 1 is 0.912 bits per heavy atom. The minimum Gasteiger partial charge on any atom is -0.348 e. The number of anilines is 2. The van der Waals surface area contributed by atoms with Crippen LogP contribution in [-0.4, -0.2) is 33.3 Å². The molecule has 2 aliphatic rings. The predicted octanol–water partition coefficient (Wildman–Crippen LogP) is 3.49. The van der Waals surface area contributed by atoms with Gasteiger partial charge in [-0.1, -0.05) is 36.4 Å². The van der Waals surface area contributed by atoms with E-state index in [-0.39, 0.29) is 22.3 Å². The largest absolute Gasteiger partial charge is 0.348 e. The highest BCUT2D eigenvalue weighted by Crippen LogP contribution is 2.32. The molecule has 0 atom stereocenters. The third kappa shape index (κ3) is 4.17. The quantitative estimate of drug-likeness (QED) is 0.591. The van der Waals surface area contributed by atoms with E-state index in [9.17, 15) is 18.0 Å². The van der Waals surface area contributed by atoms with Gasteiger partial charge in [-0.05, 0) is 60.4 Å². The van der Waals surface area contributed by atoms with Crippen molar-refractivity contribution in [1.82, 2.24) is 5.32 Å². The average Bonchev–Trinajstić information content (AvgIpc) is 3.49. The normalized spacial score (nSPS) is 15.5. The van der Waals surface area contributed by atoms with Crippen molar-refractivity contribution in [2.45, 2.75) is 30.7 Å². The van der Waals surface area contributed by atoms with Gasteiger partial charge in [-0.25, -0.2) is 8.42 Å². The van der Waals surface area contributed by atoms with E-state index in [1.165, 1.54) is 16.4 Å². The van der Waals surface area contributed by atoms with Gasteiger partial charge in [-0.15, -0.1) is 0 Å². The van der Waals surface area contributed by atoms with Crippen LogP contribution in [0.1, 0.15) is 34.3 Å². The minimum atomic E-state index is -3.77. The molecule has 0 aromatic heterocycles. The number of rotatable bonds is 6. The molecule has 2 amide bonds. The SMILES string of the molecule is O=C(NCc1ccc(N2CCCC2=O)cc1)c1cccc(S(=O)(=O)N2CCc3ccccc32)c1. The van der Waals surface area contributed by atoms with Crippen molar-refractivity contribution in [2.24, 2.45) is 0 Å². The monoisotopic (exact) mass is 475 g/mol. The molecule has 1 N–H and O–H groups in total. The highest BCUT2D eigenvalue weighted by molar-refractivity contribution is 7.92. The Kier molecular flexibility index (Phi) is 5.83. The van der Waals surface area contributed by atoms with Gasteiger partial charge in [-0.3, -0.25) is 13.9 Å². The fourth-order valence-corrected chi connectivity index (χ4v) is 6.03. The van der Waals surface area contributed by atoms with Gasteiger partial charge < -0.3 is 10.2 Å². The molecule has 0 bridgehead atoms. The summed E-state index contributed by atoms with van der Waals surface area (Å²) in [6.07, 6.45) is 2.12. The number of hydrogen-bond donors (Lipinski definition) is 1. The highest BCUT2D eigenvalue weighted by Gasteiger charge is 2.31. The molecule has 0 aliphatic carbocycles. The predicted molar refractivity (Wildman–Crippen MR) is 130 cm³/mol. The number of fused-ring (bicyclic) bond motifs is 1. The van der Waals surface area contributed by atoms with Crippen molar-refractivity contribution in [3.05, 3.63) is 89.5 Å². The molecule has 0 unspecified atom stereocenters. The van der Waals surface area contributed by atoms with E-state index in [0.717, 1.165) is 29.8 Å². The Morgan fingerprint density at radius 2 is 1.71 bits per heavy atom. The zero-order valence-corrected chi connectivity index (χ0v) is 19.4. The first-order chi connectivity index (χ1) is 16.4. The number of nitrogens with one attached hydrogen (secondary N) is 1. The van der Waals surface area contributed by atoms with Gasteiger partial charge in [0.05, 0.1) is 10.6 Å². The summed E-state index contributed by atoms with van der Waals surface area (Å²) in [5.74, 6) is -0.217. The maximum absolute atomic E-state index is 13.3. The summed E-state index contributed by atoms with van der Waals surface area (Å²) in [4.78, 5) is 26.5. The van der Waals surface area contributed by atoms with Gasteiger partial charge in [0, 0.05) is 37.3 Å². The van der Waals surface area contributed by atoms with Gasteiger partial charge >= 0.3 is 0 Å². The van der Waals surface area contributed by atoms with Gasteiger partial charge in [0.15, 0.2) is 0 Å². The minimum absolute atomic E-state index is 0.0940. The van der Waals surface area contributed by atoms with E-state index in [2.05, 4.69) is 5.32 Å². The zero-order chi connectivity index (χ0) is 23.7. The first kappa shape index (κ1) is 22.2. The summed E-state index contributed by atoms with van der Waals surface area (Å²) in [5.41, 5.74) is 3.73. The second-order valence-electron chi connectivity index (χ2n) is 8.48. The molecule has 8 heteroatoms. The lowest BCUT2D eigenvalue weighted by atomic mass is 10.1. The van der Waals surface area contributed by atoms with E-state index in [1.54, 1.807) is 23.1 Å². The number of benzene rings is 3. The molecule has 0 radical (unpaired) electrons. The number of nitrogens with zero attached hydrogens (tertiary/aromatic N) is 2. The average molecular weight is 476 g/mol. The van der Waals surface area contributed by atoms with Crippen molar-refractivity contribution in [2.75, 3.05) is 22.3 Å². The Labute approximate surface area is 199 Å².